The first kappa shape index (κ1) is 17.7. The number of aryl methyl sites for hydroxylation is 1. The van der Waals surface area contributed by atoms with Gasteiger partial charge >= 0.3 is 0 Å². The zero-order valence-electron chi connectivity index (χ0n) is 14.2. The molecule has 1 heterocycles. The van der Waals surface area contributed by atoms with Gasteiger partial charge in [-0.15, -0.1) is 0 Å². The van der Waals surface area contributed by atoms with E-state index < -0.39 is 0 Å². The number of nitrogens with zero attached hydrogens (tertiary/aromatic N) is 2. The van der Waals surface area contributed by atoms with Crippen LogP contribution in [0, 0.1) is 6.92 Å². The van der Waals surface area contributed by atoms with Crippen LogP contribution in [0.15, 0.2) is 4.52 Å². The maximum absolute atomic E-state index is 12.3. The van der Waals surface area contributed by atoms with Crippen molar-refractivity contribution < 1.29 is 9.32 Å². The number of carbonyl (C=O) groups excluding carboxylic acids is 1. The first-order valence-corrected chi connectivity index (χ1v) is 7.84. The average molecular weight is 295 g/mol. The van der Waals surface area contributed by atoms with Crippen LogP contribution in [0.5, 0.6) is 0 Å². The lowest BCUT2D eigenvalue weighted by Gasteiger charge is -2.38. The Labute approximate surface area is 128 Å². The Balaban J connectivity index is 2.72. The molecule has 0 aliphatic carbocycles. The van der Waals surface area contributed by atoms with Crippen molar-refractivity contribution in [1.29, 1.82) is 0 Å². The Morgan fingerprint density at radius 1 is 1.38 bits per heavy atom. The molecule has 1 amide bonds. The SMILES string of the molecule is CCCN(C)C(C)(CC)CNC(=O)c1noc(CC)c1C. The van der Waals surface area contributed by atoms with Crippen molar-refractivity contribution in [2.75, 3.05) is 20.1 Å². The molecule has 1 N–H and O–H groups in total. The smallest absolute Gasteiger partial charge is 0.273 e. The van der Waals surface area contributed by atoms with Gasteiger partial charge in [0, 0.05) is 24.1 Å². The molecule has 1 rings (SSSR count). The van der Waals surface area contributed by atoms with Gasteiger partial charge in [-0.05, 0) is 40.3 Å². The second-order valence-corrected chi connectivity index (χ2v) is 5.89. The van der Waals surface area contributed by atoms with Gasteiger partial charge in [0.05, 0.1) is 0 Å². The van der Waals surface area contributed by atoms with E-state index in [1.165, 1.54) is 0 Å². The second-order valence-electron chi connectivity index (χ2n) is 5.89. The van der Waals surface area contributed by atoms with E-state index in [-0.39, 0.29) is 11.4 Å². The molecule has 1 atom stereocenters. The topological polar surface area (TPSA) is 58.4 Å². The maximum atomic E-state index is 12.3. The molecule has 0 aliphatic rings. The zero-order valence-corrected chi connectivity index (χ0v) is 14.2. The molecule has 0 spiro atoms. The summed E-state index contributed by atoms with van der Waals surface area (Å²) in [5.41, 5.74) is 1.20. The maximum Gasteiger partial charge on any atom is 0.273 e. The van der Waals surface area contributed by atoms with E-state index in [0.717, 1.165) is 37.1 Å². The van der Waals surface area contributed by atoms with E-state index in [2.05, 4.69) is 43.2 Å². The summed E-state index contributed by atoms with van der Waals surface area (Å²) in [5, 5.41) is 6.90. The summed E-state index contributed by atoms with van der Waals surface area (Å²) < 4.78 is 5.19. The summed E-state index contributed by atoms with van der Waals surface area (Å²) in [6.07, 6.45) is 2.82. The summed E-state index contributed by atoms with van der Waals surface area (Å²) in [7, 11) is 2.11. The highest BCUT2D eigenvalue weighted by Crippen LogP contribution is 2.18. The van der Waals surface area contributed by atoms with Gasteiger partial charge in [0.25, 0.3) is 5.91 Å². The van der Waals surface area contributed by atoms with E-state index in [1.54, 1.807) is 0 Å². The van der Waals surface area contributed by atoms with Crippen LogP contribution in [-0.4, -0.2) is 41.6 Å². The largest absolute Gasteiger partial charge is 0.360 e. The van der Waals surface area contributed by atoms with E-state index in [1.807, 2.05) is 13.8 Å². The number of amides is 1. The Kier molecular flexibility index (Phi) is 6.40. The molecule has 0 aromatic carbocycles. The molecule has 5 nitrogen and oxygen atoms in total. The van der Waals surface area contributed by atoms with E-state index in [9.17, 15) is 4.79 Å². The molecule has 120 valence electrons. The van der Waals surface area contributed by atoms with Crippen LogP contribution in [0.25, 0.3) is 0 Å². The minimum Gasteiger partial charge on any atom is -0.360 e. The predicted molar refractivity (Wildman–Crippen MR) is 84.6 cm³/mol. The van der Waals surface area contributed by atoms with Crippen LogP contribution in [0.4, 0.5) is 0 Å². The van der Waals surface area contributed by atoms with Gasteiger partial charge in [0.15, 0.2) is 5.69 Å². The molecule has 21 heavy (non-hydrogen) atoms. The van der Waals surface area contributed by atoms with Gasteiger partial charge in [-0.25, -0.2) is 0 Å². The molecule has 5 heteroatoms. The molecule has 0 radical (unpaired) electrons. The Bertz CT molecular complexity index is 470. The van der Waals surface area contributed by atoms with Gasteiger partial charge < -0.3 is 9.84 Å². The van der Waals surface area contributed by atoms with Crippen LogP contribution in [0.1, 0.15) is 62.3 Å². The van der Waals surface area contributed by atoms with E-state index >= 15 is 0 Å². The number of likely N-dealkylation sites (N-methyl/N-ethyl adjacent to an activating group) is 1. The van der Waals surface area contributed by atoms with Crippen molar-refractivity contribution in [3.63, 3.8) is 0 Å². The molecule has 0 saturated carbocycles. The summed E-state index contributed by atoms with van der Waals surface area (Å²) in [6.45, 7) is 12.0. The predicted octanol–water partition coefficient (Wildman–Crippen LogP) is 2.79. The molecule has 0 bridgehead atoms. The molecule has 0 aliphatic heterocycles. The number of hydrogen-bond acceptors (Lipinski definition) is 4. The van der Waals surface area contributed by atoms with Crippen molar-refractivity contribution >= 4 is 5.91 Å². The average Bonchev–Trinajstić information content (AvgIpc) is 2.85. The fourth-order valence-corrected chi connectivity index (χ4v) is 2.40. The van der Waals surface area contributed by atoms with Crippen LogP contribution in [0.2, 0.25) is 0 Å². The quantitative estimate of drug-likeness (QED) is 0.801. The molecule has 0 fully saturated rings. The third-order valence-electron chi connectivity index (χ3n) is 4.43. The summed E-state index contributed by atoms with van der Waals surface area (Å²) in [5.74, 6) is 0.627. The molecule has 1 aromatic heterocycles. The van der Waals surface area contributed by atoms with Crippen molar-refractivity contribution in [1.82, 2.24) is 15.4 Å². The lowest BCUT2D eigenvalue weighted by atomic mass is 9.96. The van der Waals surface area contributed by atoms with Crippen LogP contribution in [-0.2, 0) is 6.42 Å². The lowest BCUT2D eigenvalue weighted by Crippen LogP contribution is -2.52. The third kappa shape index (κ3) is 4.06. The second kappa shape index (κ2) is 7.59. The van der Waals surface area contributed by atoms with E-state index in [4.69, 9.17) is 4.52 Å². The Morgan fingerprint density at radius 3 is 2.52 bits per heavy atom. The molecule has 1 unspecified atom stereocenters. The van der Waals surface area contributed by atoms with Crippen molar-refractivity contribution in [3.05, 3.63) is 17.0 Å². The molecule has 1 aromatic rings. The van der Waals surface area contributed by atoms with E-state index in [0.29, 0.717) is 12.2 Å². The summed E-state index contributed by atoms with van der Waals surface area (Å²) in [6, 6.07) is 0. The molecular formula is C16H29N3O2. The van der Waals surface area contributed by atoms with Crippen LogP contribution in [0.3, 0.4) is 0 Å². The fourth-order valence-electron chi connectivity index (χ4n) is 2.40. The first-order valence-electron chi connectivity index (χ1n) is 7.84. The monoisotopic (exact) mass is 295 g/mol. The highest BCUT2D eigenvalue weighted by Gasteiger charge is 2.28. The van der Waals surface area contributed by atoms with Crippen LogP contribution >= 0.6 is 0 Å². The van der Waals surface area contributed by atoms with Gasteiger partial charge in [0.2, 0.25) is 0 Å². The van der Waals surface area contributed by atoms with Crippen molar-refractivity contribution in [3.8, 4) is 0 Å². The van der Waals surface area contributed by atoms with Crippen LogP contribution < -0.4 is 5.32 Å². The highest BCUT2D eigenvalue weighted by atomic mass is 16.5. The first-order chi connectivity index (χ1) is 9.89. The Morgan fingerprint density at radius 2 is 2.05 bits per heavy atom. The number of hydrogen-bond donors (Lipinski definition) is 1. The number of rotatable bonds is 8. The van der Waals surface area contributed by atoms with Gasteiger partial charge in [-0.2, -0.15) is 0 Å². The number of nitrogens with one attached hydrogen (secondary N) is 1. The zero-order chi connectivity index (χ0) is 16.0. The minimum absolute atomic E-state index is 0.0447. The van der Waals surface area contributed by atoms with Crippen molar-refractivity contribution in [2.24, 2.45) is 0 Å². The third-order valence-corrected chi connectivity index (χ3v) is 4.43. The summed E-state index contributed by atoms with van der Waals surface area (Å²) >= 11 is 0. The fraction of sp³-hybridized carbons (Fsp3) is 0.750. The van der Waals surface area contributed by atoms with Gasteiger partial charge in [-0.3, -0.25) is 9.69 Å². The highest BCUT2D eigenvalue weighted by molar-refractivity contribution is 5.93. The molecule has 0 saturated heterocycles. The van der Waals surface area contributed by atoms with Gasteiger partial charge in [0.1, 0.15) is 5.76 Å². The number of carbonyl (C=O) groups is 1. The van der Waals surface area contributed by atoms with Crippen molar-refractivity contribution in [2.45, 2.75) is 59.4 Å². The summed E-state index contributed by atoms with van der Waals surface area (Å²) in [4.78, 5) is 14.6. The Hall–Kier alpha value is -1.36. The normalized spacial score (nSPS) is 14.2. The minimum atomic E-state index is -0.152. The lowest BCUT2D eigenvalue weighted by molar-refractivity contribution is 0.0869. The molecular weight excluding hydrogens is 266 g/mol. The standard InChI is InChI=1S/C16H29N3O2/c1-7-10-19(6)16(5,9-3)11-17-15(20)14-12(4)13(8-2)21-18-14/h7-11H2,1-6H3,(H,17,20). The van der Waals surface area contributed by atoms with Gasteiger partial charge in [-0.1, -0.05) is 25.9 Å². The number of aromatic nitrogens is 1.